The van der Waals surface area contributed by atoms with E-state index in [0.717, 1.165) is 17.3 Å². The Morgan fingerprint density at radius 1 is 1.44 bits per heavy atom. The number of hydrogen-bond acceptors (Lipinski definition) is 1. The van der Waals surface area contributed by atoms with Gasteiger partial charge in [0, 0.05) is 22.0 Å². The summed E-state index contributed by atoms with van der Waals surface area (Å²) in [6.07, 6.45) is 0.920. The van der Waals surface area contributed by atoms with Gasteiger partial charge in [0.25, 0.3) is 5.91 Å². The van der Waals surface area contributed by atoms with Crippen LogP contribution in [0.15, 0.2) is 18.2 Å². The number of rotatable bonds is 5. The van der Waals surface area contributed by atoms with Gasteiger partial charge in [0.05, 0.1) is 0 Å². The lowest BCUT2D eigenvalue weighted by Crippen LogP contribution is -2.38. The molecule has 0 saturated carbocycles. The molecule has 0 spiro atoms. The minimum atomic E-state index is -0.0587. The molecule has 0 aliphatic rings. The molecule has 4 heteroatoms. The van der Waals surface area contributed by atoms with E-state index in [0.29, 0.717) is 16.5 Å². The molecule has 1 rings (SSSR count). The predicted molar refractivity (Wildman–Crippen MR) is 80.7 cm³/mol. The number of carbonyl (C=O) groups is 1. The Bertz CT molecular complexity index is 420. The molecule has 0 aromatic heterocycles. The predicted octanol–water partition coefficient (Wildman–Crippen LogP) is 4.19. The number of hydrogen-bond donors (Lipinski definition) is 1. The second-order valence-electron chi connectivity index (χ2n) is 4.77. The van der Waals surface area contributed by atoms with Gasteiger partial charge in [-0.05, 0) is 37.0 Å². The van der Waals surface area contributed by atoms with Gasteiger partial charge in [-0.15, -0.1) is 0 Å². The highest BCUT2D eigenvalue weighted by atomic mass is 79.9. The van der Waals surface area contributed by atoms with Crippen LogP contribution in [0, 0.1) is 12.8 Å². The molecule has 18 heavy (non-hydrogen) atoms. The van der Waals surface area contributed by atoms with E-state index in [-0.39, 0.29) is 11.9 Å². The minimum absolute atomic E-state index is 0.0587. The Morgan fingerprint density at radius 3 is 2.61 bits per heavy atom. The van der Waals surface area contributed by atoms with Gasteiger partial charge in [-0.25, -0.2) is 0 Å². The van der Waals surface area contributed by atoms with Crippen LogP contribution in [0.4, 0.5) is 0 Å². The number of aryl methyl sites for hydroxylation is 1. The number of carbonyl (C=O) groups excluding carboxylic acids is 1. The Kier molecular flexibility index (Phi) is 6.16. The Balaban J connectivity index is 2.77. The first-order valence-corrected chi connectivity index (χ1v) is 7.58. The lowest BCUT2D eigenvalue weighted by molar-refractivity contribution is 0.0925. The molecule has 1 aromatic rings. The molecule has 0 aliphatic carbocycles. The third kappa shape index (κ3) is 4.29. The highest BCUT2D eigenvalue weighted by Gasteiger charge is 2.16. The number of amides is 1. The number of nitrogens with one attached hydrogen (secondary N) is 1. The lowest BCUT2D eigenvalue weighted by Gasteiger charge is -2.21. The topological polar surface area (TPSA) is 29.1 Å². The van der Waals surface area contributed by atoms with E-state index in [4.69, 9.17) is 11.6 Å². The smallest absolute Gasteiger partial charge is 0.251 e. The lowest BCUT2D eigenvalue weighted by atomic mass is 10.0. The van der Waals surface area contributed by atoms with E-state index in [1.165, 1.54) is 0 Å². The van der Waals surface area contributed by atoms with Crippen molar-refractivity contribution < 1.29 is 4.79 Å². The number of alkyl halides is 1. The second-order valence-corrected chi connectivity index (χ2v) is 5.97. The maximum Gasteiger partial charge on any atom is 0.251 e. The van der Waals surface area contributed by atoms with Crippen molar-refractivity contribution in [1.29, 1.82) is 0 Å². The van der Waals surface area contributed by atoms with Gasteiger partial charge in [-0.1, -0.05) is 47.4 Å². The average Bonchev–Trinajstić information content (AvgIpc) is 2.31. The van der Waals surface area contributed by atoms with Crippen molar-refractivity contribution in [2.45, 2.75) is 33.2 Å². The zero-order chi connectivity index (χ0) is 13.7. The largest absolute Gasteiger partial charge is 0.349 e. The van der Waals surface area contributed by atoms with E-state index in [2.05, 4.69) is 35.1 Å². The highest BCUT2D eigenvalue weighted by molar-refractivity contribution is 9.09. The van der Waals surface area contributed by atoms with Crippen molar-refractivity contribution in [3.8, 4) is 0 Å². The SMILES string of the molecule is Cc1ccc(C(=O)NC(CCBr)C(C)C)cc1Cl. The third-order valence-corrected chi connectivity index (χ3v) is 3.84. The summed E-state index contributed by atoms with van der Waals surface area (Å²) in [6.45, 7) is 6.14. The first kappa shape index (κ1) is 15.5. The Hall–Kier alpha value is -0.540. The highest BCUT2D eigenvalue weighted by Crippen LogP contribution is 2.17. The average molecular weight is 333 g/mol. The molecule has 1 unspecified atom stereocenters. The van der Waals surface area contributed by atoms with Gasteiger partial charge in [0.1, 0.15) is 0 Å². The Morgan fingerprint density at radius 2 is 2.11 bits per heavy atom. The first-order chi connectivity index (χ1) is 8.45. The fraction of sp³-hybridized carbons (Fsp3) is 0.500. The van der Waals surface area contributed by atoms with Gasteiger partial charge in [0.2, 0.25) is 0 Å². The normalized spacial score (nSPS) is 12.6. The van der Waals surface area contributed by atoms with Crippen molar-refractivity contribution >= 4 is 33.4 Å². The summed E-state index contributed by atoms with van der Waals surface area (Å²) in [7, 11) is 0. The van der Waals surface area contributed by atoms with Crippen LogP contribution in [0.3, 0.4) is 0 Å². The minimum Gasteiger partial charge on any atom is -0.349 e. The van der Waals surface area contributed by atoms with Crippen molar-refractivity contribution in [1.82, 2.24) is 5.32 Å². The van der Waals surface area contributed by atoms with E-state index in [1.807, 2.05) is 19.1 Å². The molecular weight excluding hydrogens is 314 g/mol. The molecule has 1 N–H and O–H groups in total. The van der Waals surface area contributed by atoms with Crippen molar-refractivity contribution in [3.05, 3.63) is 34.3 Å². The quantitative estimate of drug-likeness (QED) is 0.805. The zero-order valence-electron chi connectivity index (χ0n) is 11.0. The summed E-state index contributed by atoms with van der Waals surface area (Å²) in [6, 6.07) is 5.57. The van der Waals surface area contributed by atoms with Gasteiger partial charge in [0.15, 0.2) is 0 Å². The molecule has 2 nitrogen and oxygen atoms in total. The van der Waals surface area contributed by atoms with Crippen LogP contribution in [0.2, 0.25) is 5.02 Å². The number of halogens is 2. The molecule has 1 atom stereocenters. The second kappa shape index (κ2) is 7.15. The van der Waals surface area contributed by atoms with Crippen LogP contribution in [0.5, 0.6) is 0 Å². The summed E-state index contributed by atoms with van der Waals surface area (Å²) in [4.78, 5) is 12.1. The first-order valence-electron chi connectivity index (χ1n) is 6.08. The van der Waals surface area contributed by atoms with Crippen LogP contribution in [-0.4, -0.2) is 17.3 Å². The number of benzene rings is 1. The van der Waals surface area contributed by atoms with Crippen molar-refractivity contribution in [2.24, 2.45) is 5.92 Å². The molecule has 0 fully saturated rings. The molecule has 0 bridgehead atoms. The van der Waals surface area contributed by atoms with E-state index in [9.17, 15) is 4.79 Å². The van der Waals surface area contributed by atoms with E-state index in [1.54, 1.807) is 6.07 Å². The van der Waals surface area contributed by atoms with Crippen molar-refractivity contribution in [3.63, 3.8) is 0 Å². The standard InChI is InChI=1S/C14H19BrClNO/c1-9(2)13(6-7-15)17-14(18)11-5-4-10(3)12(16)8-11/h4-5,8-9,13H,6-7H2,1-3H3,(H,17,18). The molecule has 0 aliphatic heterocycles. The molecule has 0 radical (unpaired) electrons. The monoisotopic (exact) mass is 331 g/mol. The van der Waals surface area contributed by atoms with Crippen LogP contribution in [0.25, 0.3) is 0 Å². The summed E-state index contributed by atoms with van der Waals surface area (Å²) in [5.41, 5.74) is 1.60. The maximum absolute atomic E-state index is 12.1. The molecule has 100 valence electrons. The molecule has 1 aromatic carbocycles. The van der Waals surface area contributed by atoms with E-state index >= 15 is 0 Å². The van der Waals surface area contributed by atoms with Gasteiger partial charge >= 0.3 is 0 Å². The third-order valence-electron chi connectivity index (χ3n) is 2.98. The molecular formula is C14H19BrClNO. The summed E-state index contributed by atoms with van der Waals surface area (Å²) < 4.78 is 0. The van der Waals surface area contributed by atoms with Gasteiger partial charge in [-0.2, -0.15) is 0 Å². The fourth-order valence-electron chi connectivity index (χ4n) is 1.68. The summed E-state index contributed by atoms with van der Waals surface area (Å²) in [5.74, 6) is 0.351. The molecule has 0 heterocycles. The van der Waals surface area contributed by atoms with Crippen LogP contribution < -0.4 is 5.32 Å². The van der Waals surface area contributed by atoms with Crippen LogP contribution in [0.1, 0.15) is 36.2 Å². The van der Waals surface area contributed by atoms with Crippen LogP contribution >= 0.6 is 27.5 Å². The Labute approximate surface area is 122 Å². The summed E-state index contributed by atoms with van der Waals surface area (Å²) >= 11 is 9.44. The maximum atomic E-state index is 12.1. The fourth-order valence-corrected chi connectivity index (χ4v) is 2.35. The zero-order valence-corrected chi connectivity index (χ0v) is 13.3. The summed E-state index contributed by atoms with van der Waals surface area (Å²) in [5, 5.41) is 4.56. The van der Waals surface area contributed by atoms with Crippen LogP contribution in [-0.2, 0) is 0 Å². The van der Waals surface area contributed by atoms with Crippen molar-refractivity contribution in [2.75, 3.05) is 5.33 Å². The van der Waals surface area contributed by atoms with Gasteiger partial charge < -0.3 is 5.32 Å². The molecule has 0 saturated heterocycles. The molecule has 1 amide bonds. The van der Waals surface area contributed by atoms with E-state index < -0.39 is 0 Å². The van der Waals surface area contributed by atoms with Gasteiger partial charge in [-0.3, -0.25) is 4.79 Å².